The Balaban J connectivity index is 0.00000198. The van der Waals surface area contributed by atoms with Gasteiger partial charge in [0.15, 0.2) is 0 Å². The summed E-state index contributed by atoms with van der Waals surface area (Å²) in [6.45, 7) is 12.1. The lowest BCUT2D eigenvalue weighted by Crippen LogP contribution is -2.51. The Bertz CT molecular complexity index is 2210. The summed E-state index contributed by atoms with van der Waals surface area (Å²) in [7, 11) is 1.31. The van der Waals surface area contributed by atoms with Crippen molar-refractivity contribution in [2.75, 3.05) is 26.8 Å². The number of nitrogens with one attached hydrogen (secondary N) is 3. The van der Waals surface area contributed by atoms with E-state index in [0.717, 1.165) is 90.2 Å². The number of imidazole rings is 2. The normalized spacial score (nSPS) is 21.6. The molecule has 0 radical (unpaired) electrons. The molecular formula is C44H63N7O5S5. The molecule has 5 atom stereocenters. The Labute approximate surface area is 394 Å². The van der Waals surface area contributed by atoms with E-state index in [-0.39, 0.29) is 120 Å². The van der Waals surface area contributed by atoms with Crippen molar-refractivity contribution in [3.05, 3.63) is 71.4 Å². The summed E-state index contributed by atoms with van der Waals surface area (Å²) in [6, 6.07) is 13.0. The lowest BCUT2D eigenvalue weighted by atomic mass is 9.96. The van der Waals surface area contributed by atoms with Crippen LogP contribution in [0, 0.1) is 35.0 Å². The van der Waals surface area contributed by atoms with E-state index in [9.17, 15) is 14.4 Å². The molecule has 334 valence electrons. The molecule has 12 nitrogen and oxygen atoms in total. The molecule has 4 aliphatic rings. The number of benzene rings is 2. The Kier molecular flexibility index (Phi) is 17.8. The van der Waals surface area contributed by atoms with E-state index in [1.54, 1.807) is 0 Å². The van der Waals surface area contributed by atoms with Crippen LogP contribution in [0.1, 0.15) is 108 Å². The van der Waals surface area contributed by atoms with Gasteiger partial charge in [-0.15, -0.1) is 0 Å². The minimum Gasteiger partial charge on any atom is -0.453 e. The maximum atomic E-state index is 13.9. The van der Waals surface area contributed by atoms with Crippen LogP contribution in [0.2, 0.25) is 0 Å². The number of carbonyl (C=O) groups is 3. The zero-order chi connectivity index (χ0) is 39.4. The molecule has 2 aromatic heterocycles. The highest BCUT2D eigenvalue weighted by molar-refractivity contribution is 7.60. The first-order valence-corrected chi connectivity index (χ1v) is 20.1. The number of H-pyrrole nitrogens is 2. The summed E-state index contributed by atoms with van der Waals surface area (Å²) in [5.74, 6) is 8.29. The van der Waals surface area contributed by atoms with Gasteiger partial charge in [-0.2, -0.15) is 67.5 Å². The first kappa shape index (κ1) is 51.9. The monoisotopic (exact) mass is 929 g/mol. The van der Waals surface area contributed by atoms with Crippen LogP contribution in [-0.2, 0) is 19.1 Å². The number of fused-ring (bicyclic) bond motifs is 1. The second-order valence-corrected chi connectivity index (χ2v) is 17.3. The summed E-state index contributed by atoms with van der Waals surface area (Å²) in [5, 5.41) is 2.75. The molecule has 3 saturated heterocycles. The smallest absolute Gasteiger partial charge is 0.407 e. The molecular weight excluding hydrogens is 867 g/mol. The third kappa shape index (κ3) is 10.7. The van der Waals surface area contributed by atoms with Gasteiger partial charge in [0.25, 0.3) is 0 Å². The van der Waals surface area contributed by atoms with Crippen molar-refractivity contribution in [1.29, 1.82) is 0 Å². The van der Waals surface area contributed by atoms with Gasteiger partial charge in [-0.3, -0.25) is 9.59 Å². The Morgan fingerprint density at radius 2 is 1.48 bits per heavy atom. The van der Waals surface area contributed by atoms with Crippen molar-refractivity contribution < 1.29 is 23.9 Å². The van der Waals surface area contributed by atoms with Crippen molar-refractivity contribution in [2.24, 2.45) is 23.2 Å². The topological polar surface area (TPSA) is 146 Å². The van der Waals surface area contributed by atoms with Crippen LogP contribution in [0.25, 0.3) is 22.3 Å². The summed E-state index contributed by atoms with van der Waals surface area (Å²) in [6.07, 6.45) is 7.00. The Hall–Kier alpha value is -3.40. The highest BCUT2D eigenvalue weighted by atomic mass is 32.1. The van der Waals surface area contributed by atoms with E-state index in [0.29, 0.717) is 13.1 Å². The number of hydrogen-bond donors (Lipinski definition) is 3. The second kappa shape index (κ2) is 20.9. The van der Waals surface area contributed by atoms with Gasteiger partial charge in [-0.1, -0.05) is 58.6 Å². The van der Waals surface area contributed by atoms with Crippen molar-refractivity contribution >= 4 is 96.4 Å². The molecule has 2 spiro atoms. The first-order chi connectivity index (χ1) is 26.9. The molecule has 3 amide bonds. The predicted molar refractivity (Wildman–Crippen MR) is 264 cm³/mol. The number of rotatable bonds is 8. The molecule has 5 heterocycles. The summed E-state index contributed by atoms with van der Waals surface area (Å²) >= 11 is 0. The molecule has 1 aliphatic carbocycles. The fourth-order valence-corrected chi connectivity index (χ4v) is 8.76. The van der Waals surface area contributed by atoms with E-state index >= 15 is 0 Å². The van der Waals surface area contributed by atoms with Crippen LogP contribution in [-0.4, -0.2) is 86.1 Å². The molecule has 8 rings (SSSR count). The molecule has 61 heavy (non-hydrogen) atoms. The van der Waals surface area contributed by atoms with Crippen molar-refractivity contribution in [2.45, 2.75) is 96.9 Å². The van der Waals surface area contributed by atoms with Gasteiger partial charge in [-0.05, 0) is 85.3 Å². The molecule has 4 aromatic rings. The van der Waals surface area contributed by atoms with Gasteiger partial charge < -0.3 is 34.6 Å². The zero-order valence-electron chi connectivity index (χ0n) is 35.8. The highest BCUT2D eigenvalue weighted by Crippen LogP contribution is 2.58. The van der Waals surface area contributed by atoms with E-state index in [1.807, 2.05) is 79.2 Å². The van der Waals surface area contributed by atoms with Crippen LogP contribution in [0.4, 0.5) is 4.79 Å². The number of aromatic nitrogens is 4. The zero-order valence-corrected chi connectivity index (χ0v) is 40.8. The average molecular weight is 930 g/mol. The summed E-state index contributed by atoms with van der Waals surface area (Å²) in [5.41, 5.74) is 5.13. The molecule has 4 fully saturated rings. The molecule has 0 unspecified atom stereocenters. The third-order valence-electron chi connectivity index (χ3n) is 12.7. The van der Waals surface area contributed by atoms with Crippen molar-refractivity contribution in [1.82, 2.24) is 35.1 Å². The third-order valence-corrected chi connectivity index (χ3v) is 12.7. The standard InChI is InChI=1S/C44H53N7O5.5H2S/c1-26(2)28(5)40(52)51-25-44(16-7-19-56-44)22-36(51)38-45-23-34(48-38)31-13-10-29(11-14-31)8-9-30-12-15-32-33(20-30)47-39(46-32)35-21-43(17-18-43)24-50(35)41(53)37(27(3)4)49-42(54)55-6;;;;;/h10-15,20,23,26-28,35-37H,7,16-19,21-22,24-25H2,1-6H3,(H,45,48)(H,46,47)(H,49,54);5*1H2/t28-,35-,36-,37-,44-;;;;;/m0...../s1. The number of alkyl carbamates (subject to hydrolysis) is 1. The largest absolute Gasteiger partial charge is 0.453 e. The van der Waals surface area contributed by atoms with Gasteiger partial charge in [0, 0.05) is 36.6 Å². The molecule has 3 aliphatic heterocycles. The number of methoxy groups -OCH3 is 1. The molecule has 2 aromatic carbocycles. The SMILES string of the molecule is COC(=O)N[C@H](C(=O)N1CC2(CC2)C[C@H]1c1nc2ccc(C#Cc3ccc(-c4cnc([C@@H]5C[C@@]6(CCCO6)CN5C(=O)[C@@H](C)C(C)C)[nH]4)cc3)cc2[nH]1)C(C)C.S.S.S.S.S. The van der Waals surface area contributed by atoms with Crippen LogP contribution in [0.3, 0.4) is 0 Å². The van der Waals surface area contributed by atoms with Gasteiger partial charge in [0.1, 0.15) is 17.7 Å². The van der Waals surface area contributed by atoms with Crippen LogP contribution < -0.4 is 5.32 Å². The van der Waals surface area contributed by atoms with Gasteiger partial charge >= 0.3 is 6.09 Å². The maximum absolute atomic E-state index is 13.9. The van der Waals surface area contributed by atoms with E-state index in [2.05, 4.69) is 41.0 Å². The number of likely N-dealkylation sites (tertiary alicyclic amines) is 2. The van der Waals surface area contributed by atoms with Gasteiger partial charge in [0.05, 0.1) is 54.3 Å². The number of amides is 3. The van der Waals surface area contributed by atoms with E-state index in [4.69, 9.17) is 19.4 Å². The van der Waals surface area contributed by atoms with Crippen LogP contribution in [0.15, 0.2) is 48.7 Å². The Morgan fingerprint density at radius 1 is 0.820 bits per heavy atom. The first-order valence-electron chi connectivity index (χ1n) is 20.1. The molecule has 1 saturated carbocycles. The second-order valence-electron chi connectivity index (χ2n) is 17.3. The minimum atomic E-state index is -0.686. The lowest BCUT2D eigenvalue weighted by Gasteiger charge is -2.30. The molecule has 3 N–H and O–H groups in total. The minimum absolute atomic E-state index is 0. The number of ether oxygens (including phenoxy) is 2. The fourth-order valence-electron chi connectivity index (χ4n) is 8.76. The quantitative estimate of drug-likeness (QED) is 0.156. The van der Waals surface area contributed by atoms with Crippen LogP contribution >= 0.6 is 67.5 Å². The average Bonchev–Trinajstić information content (AvgIpc) is 3.79. The predicted octanol–water partition coefficient (Wildman–Crippen LogP) is 7.47. The van der Waals surface area contributed by atoms with Gasteiger partial charge in [-0.25, -0.2) is 14.8 Å². The number of nitrogens with zero attached hydrogens (tertiary/aromatic N) is 4. The molecule has 0 bridgehead atoms. The number of aromatic amines is 2. The molecule has 17 heteroatoms. The Morgan fingerprint density at radius 3 is 2.10 bits per heavy atom. The van der Waals surface area contributed by atoms with Gasteiger partial charge in [0.2, 0.25) is 11.8 Å². The fraction of sp³-hybridized carbons (Fsp3) is 0.523. The number of carbonyl (C=O) groups excluding carboxylic acids is 3. The van der Waals surface area contributed by atoms with Crippen molar-refractivity contribution in [3.8, 4) is 23.1 Å². The van der Waals surface area contributed by atoms with Crippen LogP contribution in [0.5, 0.6) is 0 Å². The van der Waals surface area contributed by atoms with Crippen molar-refractivity contribution in [3.63, 3.8) is 0 Å². The lowest BCUT2D eigenvalue weighted by molar-refractivity contribution is -0.138. The maximum Gasteiger partial charge on any atom is 0.407 e. The van der Waals surface area contributed by atoms with E-state index in [1.165, 1.54) is 7.11 Å². The van der Waals surface area contributed by atoms with E-state index < -0.39 is 12.1 Å². The summed E-state index contributed by atoms with van der Waals surface area (Å²) < 4.78 is 11.1. The highest BCUT2D eigenvalue weighted by Gasteiger charge is 2.55. The summed E-state index contributed by atoms with van der Waals surface area (Å²) in [4.78, 5) is 60.2. The number of hydrogen-bond acceptors (Lipinski definition) is 7.